The van der Waals surface area contributed by atoms with Crippen molar-refractivity contribution in [3.8, 4) is 17.3 Å². The Hall–Kier alpha value is -3.23. The van der Waals surface area contributed by atoms with Gasteiger partial charge >= 0.3 is 0 Å². The molecular weight excluding hydrogens is 372 g/mol. The molecule has 2 fully saturated rings. The molecule has 0 bridgehead atoms. The van der Waals surface area contributed by atoms with Crippen LogP contribution < -0.4 is 4.74 Å². The fourth-order valence-corrected chi connectivity index (χ4v) is 3.57. The predicted molar refractivity (Wildman–Crippen MR) is 102 cm³/mol. The fraction of sp³-hybridized carbons (Fsp3) is 0.450. The van der Waals surface area contributed by atoms with Crippen LogP contribution in [-0.4, -0.2) is 55.1 Å². The molecule has 0 N–H and O–H groups in total. The summed E-state index contributed by atoms with van der Waals surface area (Å²) in [4.78, 5) is 19.0. The maximum Gasteiger partial charge on any atom is 0.280 e. The predicted octanol–water partition coefficient (Wildman–Crippen LogP) is 2.45. The molecule has 9 heteroatoms. The number of rotatable bonds is 6. The maximum atomic E-state index is 12.7. The minimum atomic E-state index is -0.540. The van der Waals surface area contributed by atoms with E-state index >= 15 is 0 Å². The van der Waals surface area contributed by atoms with Crippen LogP contribution in [0.2, 0.25) is 0 Å². The topological polar surface area (TPSA) is 99.2 Å². The molecule has 2 atom stereocenters. The van der Waals surface area contributed by atoms with Gasteiger partial charge in [0.2, 0.25) is 0 Å². The fourth-order valence-electron chi connectivity index (χ4n) is 3.57. The highest BCUT2D eigenvalue weighted by atomic mass is 16.5. The Morgan fingerprint density at radius 3 is 2.86 bits per heavy atom. The number of ether oxygens (including phenoxy) is 1. The second-order valence-corrected chi connectivity index (χ2v) is 7.62. The first-order valence-corrected chi connectivity index (χ1v) is 9.93. The van der Waals surface area contributed by atoms with Gasteiger partial charge in [-0.3, -0.25) is 4.79 Å². The summed E-state index contributed by atoms with van der Waals surface area (Å²) in [6, 6.07) is 9.45. The third-order valence-corrected chi connectivity index (χ3v) is 5.37. The number of carbonyl (C=O) groups excluding carboxylic acids is 1. The molecule has 2 aliphatic rings. The highest BCUT2D eigenvalue weighted by Gasteiger charge is 2.32. The molecule has 0 radical (unpaired) electrons. The molecule has 1 saturated carbocycles. The van der Waals surface area contributed by atoms with Crippen LogP contribution in [0.3, 0.4) is 0 Å². The molecule has 1 saturated heterocycles. The molecule has 9 nitrogen and oxygen atoms in total. The molecule has 3 aromatic rings. The van der Waals surface area contributed by atoms with Crippen LogP contribution in [0.15, 0.2) is 41.1 Å². The van der Waals surface area contributed by atoms with Crippen LogP contribution in [0.25, 0.3) is 11.6 Å². The number of likely N-dealkylation sites (tertiary alicyclic amines) is 1. The summed E-state index contributed by atoms with van der Waals surface area (Å²) in [5, 5.41) is 12.4. The molecule has 1 aromatic carbocycles. The summed E-state index contributed by atoms with van der Waals surface area (Å²) in [5.74, 6) is 2.24. The van der Waals surface area contributed by atoms with Gasteiger partial charge in [0.1, 0.15) is 5.75 Å². The highest BCUT2D eigenvalue weighted by molar-refractivity contribution is 5.81. The van der Waals surface area contributed by atoms with E-state index in [4.69, 9.17) is 9.26 Å². The number of benzene rings is 1. The van der Waals surface area contributed by atoms with Gasteiger partial charge in [0, 0.05) is 19.0 Å². The van der Waals surface area contributed by atoms with Crippen molar-refractivity contribution < 1.29 is 14.1 Å². The molecule has 0 spiro atoms. The van der Waals surface area contributed by atoms with E-state index in [2.05, 4.69) is 20.5 Å². The van der Waals surface area contributed by atoms with Crippen molar-refractivity contribution in [1.29, 1.82) is 0 Å². The van der Waals surface area contributed by atoms with Gasteiger partial charge in [0.15, 0.2) is 17.6 Å². The molecule has 150 valence electrons. The largest absolute Gasteiger partial charge is 0.481 e. The molecule has 0 unspecified atom stereocenters. The zero-order chi connectivity index (χ0) is 19.8. The SMILES string of the molecule is C[C@@H](Oc1ccccc1)C(=O)N1CC[C@@H](n2cc(-c3nc(C4CC4)no3)nn2)C1. The monoisotopic (exact) mass is 394 g/mol. The summed E-state index contributed by atoms with van der Waals surface area (Å²) < 4.78 is 12.9. The lowest BCUT2D eigenvalue weighted by Crippen LogP contribution is -2.39. The first kappa shape index (κ1) is 17.8. The van der Waals surface area contributed by atoms with Crippen molar-refractivity contribution in [2.45, 2.75) is 44.2 Å². The number of amides is 1. The minimum absolute atomic E-state index is 0.0253. The van der Waals surface area contributed by atoms with Crippen molar-refractivity contribution in [2.75, 3.05) is 13.1 Å². The number of para-hydroxylation sites is 1. The molecule has 5 rings (SSSR count). The summed E-state index contributed by atoms with van der Waals surface area (Å²) in [6.45, 7) is 3.01. The summed E-state index contributed by atoms with van der Waals surface area (Å²) in [7, 11) is 0. The van der Waals surface area contributed by atoms with Gasteiger partial charge in [0.25, 0.3) is 11.8 Å². The summed E-state index contributed by atoms with van der Waals surface area (Å²) in [6.07, 6.45) is 4.31. The van der Waals surface area contributed by atoms with E-state index in [1.165, 1.54) is 0 Å². The van der Waals surface area contributed by atoms with E-state index in [1.54, 1.807) is 11.6 Å². The standard InChI is InChI=1S/C20H22N6O3/c1-13(28-16-5-3-2-4-6-16)20(27)25-10-9-15(11-25)26-12-17(22-24-26)19-21-18(23-29-19)14-7-8-14/h2-6,12-15H,7-11H2,1H3/t13-,15-/m1/s1. The Kier molecular flexibility index (Phi) is 4.49. The minimum Gasteiger partial charge on any atom is -0.481 e. The molecule has 1 aliphatic heterocycles. The average Bonchev–Trinajstić information content (AvgIpc) is 3.17. The van der Waals surface area contributed by atoms with E-state index < -0.39 is 6.10 Å². The Balaban J connectivity index is 1.21. The molecule has 2 aromatic heterocycles. The molecule has 29 heavy (non-hydrogen) atoms. The molecule has 3 heterocycles. The van der Waals surface area contributed by atoms with Crippen LogP contribution in [0, 0.1) is 0 Å². The van der Waals surface area contributed by atoms with Gasteiger partial charge in [-0.1, -0.05) is 28.6 Å². The van der Waals surface area contributed by atoms with Crippen LogP contribution >= 0.6 is 0 Å². The Morgan fingerprint density at radius 2 is 2.07 bits per heavy atom. The molecule has 1 amide bonds. The first-order chi connectivity index (χ1) is 14.2. The Labute approximate surface area is 167 Å². The zero-order valence-corrected chi connectivity index (χ0v) is 16.1. The lowest BCUT2D eigenvalue weighted by molar-refractivity contribution is -0.136. The number of hydrogen-bond donors (Lipinski definition) is 0. The summed E-state index contributed by atoms with van der Waals surface area (Å²) in [5.41, 5.74) is 0.565. The van der Waals surface area contributed by atoms with Crippen molar-refractivity contribution in [3.05, 3.63) is 42.4 Å². The molecular formula is C20H22N6O3. The quantitative estimate of drug-likeness (QED) is 0.633. The third kappa shape index (κ3) is 3.72. The maximum absolute atomic E-state index is 12.7. The van der Waals surface area contributed by atoms with Gasteiger partial charge in [-0.05, 0) is 38.3 Å². The Bertz CT molecular complexity index is 997. The lowest BCUT2D eigenvalue weighted by Gasteiger charge is -2.21. The second kappa shape index (κ2) is 7.31. The number of hydrogen-bond acceptors (Lipinski definition) is 7. The van der Waals surface area contributed by atoms with Crippen LogP contribution in [0.5, 0.6) is 5.75 Å². The van der Waals surface area contributed by atoms with E-state index in [9.17, 15) is 4.79 Å². The molecule has 1 aliphatic carbocycles. The smallest absolute Gasteiger partial charge is 0.280 e. The lowest BCUT2D eigenvalue weighted by atomic mass is 10.3. The van der Waals surface area contributed by atoms with Crippen LogP contribution in [0.1, 0.15) is 44.0 Å². The van der Waals surface area contributed by atoms with Crippen LogP contribution in [-0.2, 0) is 4.79 Å². The van der Waals surface area contributed by atoms with Crippen molar-refractivity contribution >= 4 is 5.91 Å². The van der Waals surface area contributed by atoms with Gasteiger partial charge in [0.05, 0.1) is 12.2 Å². The van der Waals surface area contributed by atoms with E-state index in [0.717, 1.165) is 25.1 Å². The second-order valence-electron chi connectivity index (χ2n) is 7.62. The van der Waals surface area contributed by atoms with Gasteiger partial charge in [-0.25, -0.2) is 4.68 Å². The van der Waals surface area contributed by atoms with Crippen molar-refractivity contribution in [2.24, 2.45) is 0 Å². The van der Waals surface area contributed by atoms with Gasteiger partial charge in [-0.2, -0.15) is 4.98 Å². The van der Waals surface area contributed by atoms with E-state index in [1.807, 2.05) is 41.4 Å². The number of nitrogens with zero attached hydrogens (tertiary/aromatic N) is 6. The Morgan fingerprint density at radius 1 is 1.24 bits per heavy atom. The van der Waals surface area contributed by atoms with Gasteiger partial charge < -0.3 is 14.2 Å². The van der Waals surface area contributed by atoms with Crippen molar-refractivity contribution in [3.63, 3.8) is 0 Å². The highest BCUT2D eigenvalue weighted by Crippen LogP contribution is 2.38. The van der Waals surface area contributed by atoms with Gasteiger partial charge in [-0.15, -0.1) is 5.10 Å². The average molecular weight is 394 g/mol. The normalized spacial score (nSPS) is 20.0. The van der Waals surface area contributed by atoms with Crippen LogP contribution in [0.4, 0.5) is 0 Å². The zero-order valence-electron chi connectivity index (χ0n) is 16.1. The van der Waals surface area contributed by atoms with E-state index in [0.29, 0.717) is 36.3 Å². The number of carbonyl (C=O) groups is 1. The van der Waals surface area contributed by atoms with Crippen molar-refractivity contribution in [1.82, 2.24) is 30.0 Å². The summed E-state index contributed by atoms with van der Waals surface area (Å²) >= 11 is 0. The van der Waals surface area contributed by atoms with E-state index in [-0.39, 0.29) is 11.9 Å². The third-order valence-electron chi connectivity index (χ3n) is 5.37. The first-order valence-electron chi connectivity index (χ1n) is 9.93. The number of aromatic nitrogens is 5.